The highest BCUT2D eigenvalue weighted by Gasteiger charge is 2.26. The zero-order chi connectivity index (χ0) is 13.9. The molecule has 0 saturated heterocycles. The number of para-hydroxylation sites is 1. The van der Waals surface area contributed by atoms with E-state index in [-0.39, 0.29) is 11.7 Å². The number of Topliss-reactive ketones (excluding diaryl/α,β-unsaturated/α-hetero) is 1. The number of hydrogen-bond donors (Lipinski definition) is 0. The van der Waals surface area contributed by atoms with E-state index in [2.05, 4.69) is 6.92 Å². The lowest BCUT2D eigenvalue weighted by Crippen LogP contribution is -2.13. The van der Waals surface area contributed by atoms with Crippen molar-refractivity contribution in [2.75, 3.05) is 6.61 Å². The molecule has 1 unspecified atom stereocenters. The summed E-state index contributed by atoms with van der Waals surface area (Å²) in [6, 6.07) is 15.9. The minimum absolute atomic E-state index is 0.0908. The van der Waals surface area contributed by atoms with Crippen molar-refractivity contribution in [3.63, 3.8) is 0 Å². The minimum Gasteiger partial charge on any atom is -0.492 e. The Morgan fingerprint density at radius 1 is 1.15 bits per heavy atom. The highest BCUT2D eigenvalue weighted by Crippen LogP contribution is 2.34. The number of benzene rings is 2. The molecule has 1 heterocycles. The average molecular weight is 266 g/mol. The fourth-order valence-electron chi connectivity index (χ4n) is 2.85. The molecular weight excluding hydrogens is 248 g/mol. The van der Waals surface area contributed by atoms with Crippen molar-refractivity contribution >= 4 is 5.78 Å². The number of fused-ring (bicyclic) bond motifs is 1. The van der Waals surface area contributed by atoms with E-state index in [1.807, 2.05) is 48.5 Å². The Morgan fingerprint density at radius 3 is 2.70 bits per heavy atom. The van der Waals surface area contributed by atoms with Crippen molar-refractivity contribution in [1.29, 1.82) is 0 Å². The lowest BCUT2D eigenvalue weighted by Gasteiger charge is -2.16. The topological polar surface area (TPSA) is 26.3 Å². The smallest absolute Gasteiger partial charge is 0.174 e. The van der Waals surface area contributed by atoms with Gasteiger partial charge in [-0.1, -0.05) is 49.4 Å². The number of carbonyl (C=O) groups excluding carboxylic acids is 1. The molecule has 2 nitrogen and oxygen atoms in total. The van der Waals surface area contributed by atoms with Gasteiger partial charge in [-0.3, -0.25) is 4.79 Å². The van der Waals surface area contributed by atoms with E-state index < -0.39 is 0 Å². The van der Waals surface area contributed by atoms with Crippen molar-refractivity contribution < 1.29 is 9.53 Å². The Hall–Kier alpha value is -2.09. The monoisotopic (exact) mass is 266 g/mol. The van der Waals surface area contributed by atoms with Crippen LogP contribution in [0.5, 0.6) is 5.75 Å². The summed E-state index contributed by atoms with van der Waals surface area (Å²) >= 11 is 0. The molecule has 0 fully saturated rings. The Morgan fingerprint density at radius 2 is 1.95 bits per heavy atom. The third kappa shape index (κ3) is 2.22. The molecule has 1 atom stereocenters. The van der Waals surface area contributed by atoms with Gasteiger partial charge in [0.2, 0.25) is 0 Å². The predicted molar refractivity (Wildman–Crippen MR) is 79.4 cm³/mol. The lowest BCUT2D eigenvalue weighted by atomic mass is 9.88. The molecule has 0 aromatic heterocycles. The lowest BCUT2D eigenvalue weighted by molar-refractivity contribution is 0.0954. The molecule has 1 aliphatic rings. The highest BCUT2D eigenvalue weighted by molar-refractivity contribution is 6.03. The van der Waals surface area contributed by atoms with Crippen molar-refractivity contribution in [3.05, 3.63) is 65.2 Å². The molecule has 0 spiro atoms. The Bertz CT molecular complexity index is 617. The number of hydrogen-bond acceptors (Lipinski definition) is 2. The van der Waals surface area contributed by atoms with E-state index in [0.29, 0.717) is 6.61 Å². The second-order valence-electron chi connectivity index (χ2n) is 5.13. The maximum atomic E-state index is 12.9. The van der Waals surface area contributed by atoms with Gasteiger partial charge in [-0.2, -0.15) is 0 Å². The van der Waals surface area contributed by atoms with Crippen LogP contribution in [0.15, 0.2) is 48.5 Å². The molecule has 102 valence electrons. The van der Waals surface area contributed by atoms with E-state index in [9.17, 15) is 4.79 Å². The van der Waals surface area contributed by atoms with Gasteiger partial charge >= 0.3 is 0 Å². The summed E-state index contributed by atoms with van der Waals surface area (Å²) in [5, 5.41) is 0. The van der Waals surface area contributed by atoms with Crippen LogP contribution < -0.4 is 4.74 Å². The van der Waals surface area contributed by atoms with Gasteiger partial charge in [0.05, 0.1) is 12.2 Å². The third-order valence-corrected chi connectivity index (χ3v) is 3.91. The summed E-state index contributed by atoms with van der Waals surface area (Å²) in [4.78, 5) is 12.9. The standard InChI is InChI=1S/C18H18O2/c1-2-15(13-7-4-3-5-8-13)17(19)16-10-6-9-14-11-12-20-18(14)16/h3-10,15H,2,11-12H2,1H3. The fourth-order valence-corrected chi connectivity index (χ4v) is 2.85. The predicted octanol–water partition coefficient (Wildman–Crippen LogP) is 4.00. The zero-order valence-electron chi connectivity index (χ0n) is 11.6. The molecule has 0 aliphatic carbocycles. The molecule has 1 aliphatic heterocycles. The van der Waals surface area contributed by atoms with E-state index in [0.717, 1.165) is 35.3 Å². The van der Waals surface area contributed by atoms with Crippen LogP contribution in [0.4, 0.5) is 0 Å². The van der Waals surface area contributed by atoms with Gasteiger partial charge in [0.15, 0.2) is 5.78 Å². The van der Waals surface area contributed by atoms with Gasteiger partial charge in [0, 0.05) is 12.3 Å². The van der Waals surface area contributed by atoms with E-state index in [1.54, 1.807) is 0 Å². The van der Waals surface area contributed by atoms with Crippen LogP contribution in [0.25, 0.3) is 0 Å². The third-order valence-electron chi connectivity index (χ3n) is 3.91. The highest BCUT2D eigenvalue weighted by atomic mass is 16.5. The molecule has 2 heteroatoms. The maximum Gasteiger partial charge on any atom is 0.174 e. The van der Waals surface area contributed by atoms with Crippen molar-refractivity contribution in [3.8, 4) is 5.75 Å². The minimum atomic E-state index is -0.0908. The van der Waals surface area contributed by atoms with Crippen LogP contribution >= 0.6 is 0 Å². The van der Waals surface area contributed by atoms with Gasteiger partial charge in [-0.25, -0.2) is 0 Å². The summed E-state index contributed by atoms with van der Waals surface area (Å²) in [6.07, 6.45) is 1.70. The first kappa shape index (κ1) is 12.9. The van der Waals surface area contributed by atoms with Crippen LogP contribution in [-0.4, -0.2) is 12.4 Å². The van der Waals surface area contributed by atoms with Crippen LogP contribution in [0.1, 0.15) is 40.7 Å². The van der Waals surface area contributed by atoms with Gasteiger partial charge in [-0.15, -0.1) is 0 Å². The first-order valence-corrected chi connectivity index (χ1v) is 7.15. The summed E-state index contributed by atoms with van der Waals surface area (Å²) < 4.78 is 5.66. The van der Waals surface area contributed by atoms with Gasteiger partial charge in [-0.05, 0) is 23.6 Å². The molecule has 0 amide bonds. The fraction of sp³-hybridized carbons (Fsp3) is 0.278. The first-order valence-electron chi connectivity index (χ1n) is 7.15. The SMILES string of the molecule is CCC(C(=O)c1cccc2c1OCC2)c1ccccc1. The van der Waals surface area contributed by atoms with E-state index in [1.165, 1.54) is 0 Å². The largest absolute Gasteiger partial charge is 0.492 e. The zero-order valence-corrected chi connectivity index (χ0v) is 11.6. The van der Waals surface area contributed by atoms with E-state index >= 15 is 0 Å². The molecule has 2 aromatic rings. The van der Waals surface area contributed by atoms with Gasteiger partial charge in [0.1, 0.15) is 5.75 Å². The van der Waals surface area contributed by atoms with Crippen molar-refractivity contribution in [2.24, 2.45) is 0 Å². The molecule has 0 radical (unpaired) electrons. The number of ketones is 1. The van der Waals surface area contributed by atoms with Crippen LogP contribution in [0.3, 0.4) is 0 Å². The molecule has 3 rings (SSSR count). The normalized spacial score (nSPS) is 14.4. The quantitative estimate of drug-likeness (QED) is 0.782. The maximum absolute atomic E-state index is 12.9. The summed E-state index contributed by atoms with van der Waals surface area (Å²) in [5.74, 6) is 0.872. The second-order valence-corrected chi connectivity index (χ2v) is 5.13. The Labute approximate surface area is 119 Å². The molecule has 0 bridgehead atoms. The number of rotatable bonds is 4. The van der Waals surface area contributed by atoms with E-state index in [4.69, 9.17) is 4.74 Å². The number of ether oxygens (including phenoxy) is 1. The molecule has 20 heavy (non-hydrogen) atoms. The Balaban J connectivity index is 1.98. The summed E-state index contributed by atoms with van der Waals surface area (Å²) in [7, 11) is 0. The van der Waals surface area contributed by atoms with Crippen molar-refractivity contribution in [1.82, 2.24) is 0 Å². The van der Waals surface area contributed by atoms with Crippen LogP contribution in [-0.2, 0) is 6.42 Å². The molecule has 2 aromatic carbocycles. The van der Waals surface area contributed by atoms with Gasteiger partial charge in [0.25, 0.3) is 0 Å². The summed E-state index contributed by atoms with van der Waals surface area (Å²) in [5.41, 5.74) is 2.96. The van der Waals surface area contributed by atoms with Gasteiger partial charge < -0.3 is 4.74 Å². The summed E-state index contributed by atoms with van der Waals surface area (Å²) in [6.45, 7) is 2.74. The molecular formula is C18H18O2. The van der Waals surface area contributed by atoms with Crippen molar-refractivity contribution in [2.45, 2.75) is 25.7 Å². The second kappa shape index (κ2) is 5.49. The molecule has 0 saturated carbocycles. The molecule has 0 N–H and O–H groups in total. The average Bonchev–Trinajstić information content (AvgIpc) is 2.97. The Kier molecular flexibility index (Phi) is 3.55. The van der Waals surface area contributed by atoms with Crippen LogP contribution in [0.2, 0.25) is 0 Å². The van der Waals surface area contributed by atoms with Crippen LogP contribution in [0, 0.1) is 0 Å². The number of carbonyl (C=O) groups is 1. The first-order chi connectivity index (χ1) is 9.81.